The van der Waals surface area contributed by atoms with E-state index in [4.69, 9.17) is 5.11 Å². The average Bonchev–Trinajstić information content (AvgIpc) is 2.67. The Morgan fingerprint density at radius 3 is 2.81 bits per heavy atom. The van der Waals surface area contributed by atoms with Gasteiger partial charge in [0.25, 0.3) is 0 Å². The van der Waals surface area contributed by atoms with Crippen molar-refractivity contribution in [3.8, 4) is 0 Å². The van der Waals surface area contributed by atoms with Crippen molar-refractivity contribution in [3.63, 3.8) is 0 Å². The zero-order valence-electron chi connectivity index (χ0n) is 9.34. The number of rotatable bonds is 3. The van der Waals surface area contributed by atoms with Gasteiger partial charge in [-0.25, -0.2) is 4.98 Å². The highest BCUT2D eigenvalue weighted by molar-refractivity contribution is 7.99. The fourth-order valence-electron chi connectivity index (χ4n) is 1.47. The van der Waals surface area contributed by atoms with Crippen LogP contribution in [0.5, 0.6) is 0 Å². The van der Waals surface area contributed by atoms with Crippen molar-refractivity contribution in [1.82, 2.24) is 9.55 Å². The Balaban J connectivity index is 2.25. The maximum Gasteiger partial charge on any atom is 0.172 e. The van der Waals surface area contributed by atoms with Gasteiger partial charge in [-0.3, -0.25) is 0 Å². The first-order valence-electron chi connectivity index (χ1n) is 5.06. The fraction of sp³-hybridized carbons (Fsp3) is 0.250. The van der Waals surface area contributed by atoms with Gasteiger partial charge in [-0.15, -0.1) is 0 Å². The summed E-state index contributed by atoms with van der Waals surface area (Å²) in [5, 5.41) is 10.0. The van der Waals surface area contributed by atoms with Crippen LogP contribution in [0, 0.1) is 6.92 Å². The standard InChI is InChI=1S/C12H14N2OS/c1-9-7-10(8-15)3-4-11(9)16-12-13-5-6-14(12)2/h3-7,15H,8H2,1-2H3. The first-order valence-corrected chi connectivity index (χ1v) is 5.88. The van der Waals surface area contributed by atoms with Crippen LogP contribution in [0.4, 0.5) is 0 Å². The van der Waals surface area contributed by atoms with Crippen molar-refractivity contribution in [3.05, 3.63) is 41.7 Å². The average molecular weight is 234 g/mol. The normalized spacial score (nSPS) is 10.7. The molecule has 1 aromatic carbocycles. The van der Waals surface area contributed by atoms with E-state index in [1.165, 1.54) is 10.5 Å². The molecule has 1 aromatic heterocycles. The molecule has 1 heterocycles. The molecule has 1 N–H and O–H groups in total. The van der Waals surface area contributed by atoms with Crippen LogP contribution in [0.25, 0.3) is 0 Å². The molecular weight excluding hydrogens is 220 g/mol. The molecule has 0 unspecified atom stereocenters. The third kappa shape index (κ3) is 2.28. The fourth-order valence-corrected chi connectivity index (χ4v) is 2.34. The second-order valence-corrected chi connectivity index (χ2v) is 4.69. The third-order valence-corrected chi connectivity index (χ3v) is 3.65. The molecule has 0 amide bonds. The van der Waals surface area contributed by atoms with Crippen LogP contribution in [0.3, 0.4) is 0 Å². The minimum Gasteiger partial charge on any atom is -0.392 e. The molecule has 0 saturated heterocycles. The van der Waals surface area contributed by atoms with Gasteiger partial charge in [0, 0.05) is 24.3 Å². The van der Waals surface area contributed by atoms with E-state index in [0.29, 0.717) is 0 Å². The highest BCUT2D eigenvalue weighted by atomic mass is 32.2. The highest BCUT2D eigenvalue weighted by Gasteiger charge is 2.05. The lowest BCUT2D eigenvalue weighted by Crippen LogP contribution is -1.91. The summed E-state index contributed by atoms with van der Waals surface area (Å²) >= 11 is 1.64. The molecule has 0 spiro atoms. The Morgan fingerprint density at radius 1 is 1.44 bits per heavy atom. The minimum absolute atomic E-state index is 0.0915. The van der Waals surface area contributed by atoms with Crippen molar-refractivity contribution in [2.45, 2.75) is 23.6 Å². The Labute approximate surface area is 99.1 Å². The Bertz CT molecular complexity index is 494. The summed E-state index contributed by atoms with van der Waals surface area (Å²) in [6.07, 6.45) is 3.72. The lowest BCUT2D eigenvalue weighted by molar-refractivity contribution is 0.281. The van der Waals surface area contributed by atoms with Crippen LogP contribution in [0.15, 0.2) is 40.6 Å². The summed E-state index contributed by atoms with van der Waals surface area (Å²) in [7, 11) is 1.98. The topological polar surface area (TPSA) is 38.1 Å². The monoisotopic (exact) mass is 234 g/mol. The molecule has 0 atom stereocenters. The van der Waals surface area contributed by atoms with Gasteiger partial charge in [0.2, 0.25) is 0 Å². The predicted molar refractivity (Wildman–Crippen MR) is 64.4 cm³/mol. The van der Waals surface area contributed by atoms with Gasteiger partial charge in [0.05, 0.1) is 6.61 Å². The second kappa shape index (κ2) is 4.72. The van der Waals surface area contributed by atoms with E-state index in [2.05, 4.69) is 4.98 Å². The van der Waals surface area contributed by atoms with E-state index < -0.39 is 0 Å². The first-order chi connectivity index (χ1) is 7.70. The lowest BCUT2D eigenvalue weighted by Gasteiger charge is -2.06. The number of aryl methyl sites for hydroxylation is 2. The van der Waals surface area contributed by atoms with E-state index >= 15 is 0 Å². The third-order valence-electron chi connectivity index (χ3n) is 2.40. The molecule has 0 aliphatic rings. The van der Waals surface area contributed by atoms with E-state index in [1.807, 2.05) is 42.9 Å². The molecule has 0 aliphatic carbocycles. The number of benzene rings is 1. The first kappa shape index (κ1) is 11.2. The summed E-state index contributed by atoms with van der Waals surface area (Å²) in [6.45, 7) is 2.14. The largest absolute Gasteiger partial charge is 0.392 e. The van der Waals surface area contributed by atoms with Crippen LogP contribution >= 0.6 is 11.8 Å². The van der Waals surface area contributed by atoms with Crippen molar-refractivity contribution >= 4 is 11.8 Å². The Morgan fingerprint density at radius 2 is 2.25 bits per heavy atom. The van der Waals surface area contributed by atoms with Gasteiger partial charge < -0.3 is 9.67 Å². The molecule has 0 bridgehead atoms. The molecule has 0 fully saturated rings. The Kier molecular flexibility index (Phi) is 3.31. The molecule has 0 radical (unpaired) electrons. The number of aromatic nitrogens is 2. The van der Waals surface area contributed by atoms with Gasteiger partial charge in [0.15, 0.2) is 5.16 Å². The van der Waals surface area contributed by atoms with Crippen molar-refractivity contribution < 1.29 is 5.11 Å². The number of hydrogen-bond donors (Lipinski definition) is 1. The van der Waals surface area contributed by atoms with Crippen LogP contribution in [-0.4, -0.2) is 14.7 Å². The summed E-state index contributed by atoms with van der Waals surface area (Å²) in [5.41, 5.74) is 2.11. The van der Waals surface area contributed by atoms with Crippen molar-refractivity contribution in [2.24, 2.45) is 7.05 Å². The minimum atomic E-state index is 0.0915. The van der Waals surface area contributed by atoms with Gasteiger partial charge >= 0.3 is 0 Å². The summed E-state index contributed by atoms with van der Waals surface area (Å²) in [4.78, 5) is 5.44. The van der Waals surface area contributed by atoms with E-state index in [9.17, 15) is 0 Å². The van der Waals surface area contributed by atoms with Gasteiger partial charge in [0.1, 0.15) is 0 Å². The molecule has 0 saturated carbocycles. The smallest absolute Gasteiger partial charge is 0.172 e. The van der Waals surface area contributed by atoms with Gasteiger partial charge in [-0.1, -0.05) is 23.9 Å². The van der Waals surface area contributed by atoms with Crippen molar-refractivity contribution in [1.29, 1.82) is 0 Å². The van der Waals surface area contributed by atoms with Crippen LogP contribution in [0.1, 0.15) is 11.1 Å². The number of nitrogens with zero attached hydrogens (tertiary/aromatic N) is 2. The summed E-state index contributed by atoms with van der Waals surface area (Å²) < 4.78 is 1.99. The molecule has 84 valence electrons. The van der Waals surface area contributed by atoms with Crippen LogP contribution in [-0.2, 0) is 13.7 Å². The molecule has 4 heteroatoms. The SMILES string of the molecule is Cc1cc(CO)ccc1Sc1nccn1C. The number of hydrogen-bond acceptors (Lipinski definition) is 3. The number of imidazole rings is 1. The summed E-state index contributed by atoms with van der Waals surface area (Å²) in [6, 6.07) is 5.98. The van der Waals surface area contributed by atoms with E-state index in [0.717, 1.165) is 10.7 Å². The maximum atomic E-state index is 9.03. The summed E-state index contributed by atoms with van der Waals surface area (Å²) in [5.74, 6) is 0. The van der Waals surface area contributed by atoms with Crippen molar-refractivity contribution in [2.75, 3.05) is 0 Å². The number of aliphatic hydroxyl groups is 1. The number of aliphatic hydroxyl groups excluding tert-OH is 1. The van der Waals surface area contributed by atoms with Crippen LogP contribution in [0.2, 0.25) is 0 Å². The van der Waals surface area contributed by atoms with Crippen LogP contribution < -0.4 is 0 Å². The zero-order chi connectivity index (χ0) is 11.5. The molecule has 16 heavy (non-hydrogen) atoms. The molecule has 3 nitrogen and oxygen atoms in total. The second-order valence-electron chi connectivity index (χ2n) is 3.68. The quantitative estimate of drug-likeness (QED) is 0.886. The molecule has 2 rings (SSSR count). The van der Waals surface area contributed by atoms with E-state index in [-0.39, 0.29) is 6.61 Å². The maximum absolute atomic E-state index is 9.03. The molecular formula is C12H14N2OS. The Hall–Kier alpha value is -1.26. The van der Waals surface area contributed by atoms with Gasteiger partial charge in [-0.2, -0.15) is 0 Å². The zero-order valence-corrected chi connectivity index (χ0v) is 10.2. The van der Waals surface area contributed by atoms with Gasteiger partial charge in [-0.05, 0) is 24.1 Å². The highest BCUT2D eigenvalue weighted by Crippen LogP contribution is 2.29. The molecule has 2 aromatic rings. The molecule has 0 aliphatic heterocycles. The lowest BCUT2D eigenvalue weighted by atomic mass is 10.1. The predicted octanol–water partition coefficient (Wildman–Crippen LogP) is 2.37. The van der Waals surface area contributed by atoms with E-state index in [1.54, 1.807) is 18.0 Å².